The molecule has 3 N–H and O–H groups in total. The van der Waals surface area contributed by atoms with Crippen LogP contribution >= 0.6 is 0 Å². The van der Waals surface area contributed by atoms with Gasteiger partial charge in [0.05, 0.1) is 22.6 Å². The zero-order valence-corrected chi connectivity index (χ0v) is 13.2. The first-order valence-electron chi connectivity index (χ1n) is 7.20. The van der Waals surface area contributed by atoms with E-state index >= 15 is 0 Å². The molecular weight excluding hydrogens is 336 g/mol. The first-order valence-corrected chi connectivity index (χ1v) is 7.20. The molecule has 0 saturated heterocycles. The smallest absolute Gasteiger partial charge is 0.295 e. The van der Waals surface area contributed by atoms with Gasteiger partial charge in [0.15, 0.2) is 0 Å². The number of nitrogens with one attached hydrogen (secondary N) is 1. The molecule has 1 atom stereocenters. The second-order valence-corrected chi connectivity index (χ2v) is 5.28. The summed E-state index contributed by atoms with van der Waals surface area (Å²) in [6.45, 7) is 1.67. The van der Waals surface area contributed by atoms with Crippen LogP contribution in [0, 0.1) is 21.7 Å². The van der Waals surface area contributed by atoms with E-state index in [1.165, 1.54) is 24.3 Å². The third-order valence-corrected chi connectivity index (χ3v) is 3.26. The quantitative estimate of drug-likeness (QED) is 0.473. The lowest BCUT2D eigenvalue weighted by Gasteiger charge is -2.16. The van der Waals surface area contributed by atoms with Crippen molar-refractivity contribution < 1.29 is 23.2 Å². The van der Waals surface area contributed by atoms with Gasteiger partial charge >= 0.3 is 0 Å². The fourth-order valence-corrected chi connectivity index (χ4v) is 2.04. The molecular formula is C16H15F2N3O4. The molecule has 0 aliphatic heterocycles. The van der Waals surface area contributed by atoms with Crippen molar-refractivity contribution in [3.05, 3.63) is 63.7 Å². The molecule has 0 aliphatic rings. The van der Waals surface area contributed by atoms with Gasteiger partial charge in [-0.3, -0.25) is 14.9 Å². The van der Waals surface area contributed by atoms with Crippen molar-refractivity contribution >= 4 is 17.3 Å². The number of halogens is 2. The zero-order chi connectivity index (χ0) is 18.6. The summed E-state index contributed by atoms with van der Waals surface area (Å²) in [5.74, 6) is -1.71. The van der Waals surface area contributed by atoms with Gasteiger partial charge in [-0.25, -0.2) is 8.78 Å². The first-order chi connectivity index (χ1) is 11.8. The predicted octanol–water partition coefficient (Wildman–Crippen LogP) is 2.65. The summed E-state index contributed by atoms with van der Waals surface area (Å²) in [5, 5.41) is 13.3. The van der Waals surface area contributed by atoms with E-state index < -0.39 is 39.9 Å². The van der Waals surface area contributed by atoms with Gasteiger partial charge < -0.3 is 15.8 Å². The topological polar surface area (TPSA) is 107 Å². The number of nitrogens with two attached hydrogens (primary N) is 1. The molecule has 0 fully saturated rings. The van der Waals surface area contributed by atoms with E-state index in [2.05, 4.69) is 5.32 Å². The van der Waals surface area contributed by atoms with Gasteiger partial charge in [-0.1, -0.05) is 0 Å². The Hall–Kier alpha value is -3.23. The highest BCUT2D eigenvalue weighted by Crippen LogP contribution is 2.26. The lowest BCUT2D eigenvalue weighted by Crippen LogP contribution is -2.37. The molecule has 132 valence electrons. The number of hydrogen-bond acceptors (Lipinski definition) is 5. The Morgan fingerprint density at radius 3 is 2.52 bits per heavy atom. The van der Waals surface area contributed by atoms with E-state index in [1.54, 1.807) is 6.92 Å². The minimum Gasteiger partial charge on any atom is -0.491 e. The van der Waals surface area contributed by atoms with E-state index in [1.807, 2.05) is 0 Å². The summed E-state index contributed by atoms with van der Waals surface area (Å²) in [6, 6.07) is 6.27. The fraction of sp³-hybridized carbons (Fsp3) is 0.188. The molecule has 1 amide bonds. The Kier molecular flexibility index (Phi) is 5.48. The average Bonchev–Trinajstić information content (AvgIpc) is 2.55. The third-order valence-electron chi connectivity index (χ3n) is 3.26. The van der Waals surface area contributed by atoms with E-state index in [9.17, 15) is 23.7 Å². The number of benzene rings is 2. The van der Waals surface area contributed by atoms with Gasteiger partial charge in [0.25, 0.3) is 11.6 Å². The molecule has 0 aliphatic carbocycles. The molecule has 0 bridgehead atoms. The highest BCUT2D eigenvalue weighted by molar-refractivity contribution is 6.01. The fourth-order valence-electron chi connectivity index (χ4n) is 2.04. The van der Waals surface area contributed by atoms with E-state index in [0.717, 1.165) is 6.07 Å². The Balaban J connectivity index is 2.03. The van der Waals surface area contributed by atoms with Crippen LogP contribution in [0.25, 0.3) is 0 Å². The van der Waals surface area contributed by atoms with Crippen molar-refractivity contribution in [2.24, 2.45) is 0 Å². The summed E-state index contributed by atoms with van der Waals surface area (Å²) < 4.78 is 31.7. The number of nitro groups is 1. The Morgan fingerprint density at radius 2 is 1.92 bits per heavy atom. The van der Waals surface area contributed by atoms with Crippen LogP contribution in [0.2, 0.25) is 0 Å². The molecule has 0 aromatic heterocycles. The minimum absolute atomic E-state index is 0.0503. The summed E-state index contributed by atoms with van der Waals surface area (Å²) >= 11 is 0. The SMILES string of the molecule is CC(COc1ccc(F)cc1)NC(=O)c1cc(F)cc([N+](=O)[O-])c1N. The van der Waals surface area contributed by atoms with Gasteiger partial charge in [-0.05, 0) is 37.3 Å². The number of amides is 1. The number of carbonyl (C=O) groups excluding carboxylic acids is 1. The molecule has 0 saturated carbocycles. The molecule has 2 aromatic carbocycles. The highest BCUT2D eigenvalue weighted by Gasteiger charge is 2.22. The second-order valence-electron chi connectivity index (χ2n) is 5.28. The monoisotopic (exact) mass is 351 g/mol. The van der Waals surface area contributed by atoms with Crippen molar-refractivity contribution in [3.8, 4) is 5.75 Å². The van der Waals surface area contributed by atoms with Crippen LogP contribution in [0.4, 0.5) is 20.2 Å². The van der Waals surface area contributed by atoms with Crippen LogP contribution in [0.3, 0.4) is 0 Å². The van der Waals surface area contributed by atoms with Crippen LogP contribution in [0.1, 0.15) is 17.3 Å². The Labute approximate surface area is 141 Å². The average molecular weight is 351 g/mol. The molecule has 0 spiro atoms. The summed E-state index contributed by atoms with van der Waals surface area (Å²) in [6.07, 6.45) is 0. The number of hydrogen-bond donors (Lipinski definition) is 2. The van der Waals surface area contributed by atoms with Crippen molar-refractivity contribution in [3.63, 3.8) is 0 Å². The lowest BCUT2D eigenvalue weighted by molar-refractivity contribution is -0.384. The van der Waals surface area contributed by atoms with E-state index in [4.69, 9.17) is 10.5 Å². The molecule has 0 heterocycles. The van der Waals surface area contributed by atoms with Gasteiger partial charge in [0.2, 0.25) is 0 Å². The van der Waals surface area contributed by atoms with Crippen LogP contribution in [0.15, 0.2) is 36.4 Å². The number of ether oxygens (including phenoxy) is 1. The predicted molar refractivity (Wildman–Crippen MR) is 86.3 cm³/mol. The van der Waals surface area contributed by atoms with Crippen molar-refractivity contribution in [2.75, 3.05) is 12.3 Å². The minimum atomic E-state index is -0.943. The molecule has 2 rings (SSSR count). The summed E-state index contributed by atoms with van der Waals surface area (Å²) in [7, 11) is 0. The first kappa shape index (κ1) is 18.1. The van der Waals surface area contributed by atoms with Crippen LogP contribution in [-0.4, -0.2) is 23.5 Å². The highest BCUT2D eigenvalue weighted by atomic mass is 19.1. The van der Waals surface area contributed by atoms with E-state index in [0.29, 0.717) is 11.8 Å². The summed E-state index contributed by atoms with van der Waals surface area (Å²) in [4.78, 5) is 22.1. The van der Waals surface area contributed by atoms with Gasteiger partial charge in [0.1, 0.15) is 29.7 Å². The maximum atomic E-state index is 13.5. The van der Waals surface area contributed by atoms with Crippen LogP contribution < -0.4 is 15.8 Å². The zero-order valence-electron chi connectivity index (χ0n) is 13.2. The Morgan fingerprint density at radius 1 is 1.28 bits per heavy atom. The van der Waals surface area contributed by atoms with E-state index in [-0.39, 0.29) is 12.2 Å². The van der Waals surface area contributed by atoms with Gasteiger partial charge in [-0.2, -0.15) is 0 Å². The standard InChI is InChI=1S/C16H15F2N3O4/c1-9(8-25-12-4-2-10(17)3-5-12)20-16(22)13-6-11(18)7-14(15(13)19)21(23)24/h2-7,9H,8,19H2,1H3,(H,20,22). The van der Waals surface area contributed by atoms with Crippen molar-refractivity contribution in [1.82, 2.24) is 5.32 Å². The van der Waals surface area contributed by atoms with Crippen LogP contribution in [0.5, 0.6) is 5.75 Å². The number of anilines is 1. The van der Waals surface area contributed by atoms with Crippen LogP contribution in [-0.2, 0) is 0 Å². The maximum absolute atomic E-state index is 13.5. The third kappa shape index (κ3) is 4.63. The number of carbonyl (C=O) groups is 1. The molecule has 9 heteroatoms. The molecule has 1 unspecified atom stereocenters. The van der Waals surface area contributed by atoms with Crippen molar-refractivity contribution in [1.29, 1.82) is 0 Å². The van der Waals surface area contributed by atoms with Gasteiger partial charge in [0, 0.05) is 0 Å². The number of rotatable bonds is 6. The second kappa shape index (κ2) is 7.56. The molecule has 7 nitrogen and oxygen atoms in total. The largest absolute Gasteiger partial charge is 0.491 e. The number of nitrogens with zero attached hydrogens (tertiary/aromatic N) is 1. The van der Waals surface area contributed by atoms with Gasteiger partial charge in [-0.15, -0.1) is 0 Å². The summed E-state index contributed by atoms with van der Waals surface area (Å²) in [5.41, 5.74) is 4.14. The normalized spacial score (nSPS) is 11.6. The molecule has 2 aromatic rings. The Bertz CT molecular complexity index is 797. The maximum Gasteiger partial charge on any atom is 0.295 e. The number of nitro benzene ring substituents is 1. The molecule has 25 heavy (non-hydrogen) atoms. The lowest BCUT2D eigenvalue weighted by atomic mass is 10.1. The molecule has 0 radical (unpaired) electrons. The van der Waals surface area contributed by atoms with Crippen molar-refractivity contribution in [2.45, 2.75) is 13.0 Å². The number of nitrogen functional groups attached to an aromatic ring is 1.